The Morgan fingerprint density at radius 3 is 2.67 bits per heavy atom. The quantitative estimate of drug-likeness (QED) is 0.807. The van der Waals surface area contributed by atoms with Gasteiger partial charge in [-0.05, 0) is 29.7 Å². The average Bonchev–Trinajstić information content (AvgIpc) is 2.35. The van der Waals surface area contributed by atoms with Crippen molar-refractivity contribution in [2.24, 2.45) is 0 Å². The summed E-state index contributed by atoms with van der Waals surface area (Å²) in [6.07, 6.45) is -1.15. The Hall–Kier alpha value is -1.40. The summed E-state index contributed by atoms with van der Waals surface area (Å²) in [4.78, 5) is 21.9. The van der Waals surface area contributed by atoms with Crippen molar-refractivity contribution in [1.82, 2.24) is 0 Å². The molecule has 1 aromatic rings. The first-order valence-electron chi connectivity index (χ1n) is 5.21. The second kappa shape index (κ2) is 6.51. The summed E-state index contributed by atoms with van der Waals surface area (Å²) in [7, 11) is 1.29. The lowest BCUT2D eigenvalue weighted by molar-refractivity contribution is -0.147. The van der Waals surface area contributed by atoms with Crippen LogP contribution in [0, 0.1) is 0 Å². The molecule has 0 heterocycles. The average molecular weight is 317 g/mol. The number of carbonyl (C=O) groups is 2. The number of carboxylic acid groups (broad SMARTS) is 1. The SMILES string of the molecule is COC(=O)CCc1cc(Br)ccc1C(O)C(=O)O. The first-order valence-corrected chi connectivity index (χ1v) is 6.01. The molecule has 1 atom stereocenters. The van der Waals surface area contributed by atoms with E-state index in [1.165, 1.54) is 13.2 Å². The van der Waals surface area contributed by atoms with Crippen LogP contribution >= 0.6 is 15.9 Å². The second-order valence-corrected chi connectivity index (χ2v) is 4.58. The third kappa shape index (κ3) is 3.82. The maximum Gasteiger partial charge on any atom is 0.337 e. The summed E-state index contributed by atoms with van der Waals surface area (Å²) in [5.41, 5.74) is 0.888. The predicted molar refractivity (Wildman–Crippen MR) is 67.1 cm³/mol. The predicted octanol–water partition coefficient (Wildman–Crippen LogP) is 1.67. The lowest BCUT2D eigenvalue weighted by Crippen LogP contribution is -2.13. The molecule has 0 saturated carbocycles. The fourth-order valence-corrected chi connectivity index (χ4v) is 1.94. The van der Waals surface area contributed by atoms with Crippen molar-refractivity contribution >= 4 is 27.9 Å². The molecule has 5 nitrogen and oxygen atoms in total. The maximum absolute atomic E-state index is 11.1. The number of methoxy groups -OCH3 is 1. The van der Waals surface area contributed by atoms with Gasteiger partial charge in [-0.1, -0.05) is 22.0 Å². The largest absolute Gasteiger partial charge is 0.479 e. The highest BCUT2D eigenvalue weighted by Gasteiger charge is 2.19. The number of halogens is 1. The zero-order chi connectivity index (χ0) is 13.7. The number of benzene rings is 1. The molecule has 0 aliphatic rings. The minimum atomic E-state index is -1.59. The fraction of sp³-hybridized carbons (Fsp3) is 0.333. The fourth-order valence-electron chi connectivity index (χ4n) is 1.53. The number of aliphatic carboxylic acids is 1. The lowest BCUT2D eigenvalue weighted by Gasteiger charge is -2.12. The minimum absolute atomic E-state index is 0.131. The topological polar surface area (TPSA) is 83.8 Å². The van der Waals surface area contributed by atoms with Crippen LogP contribution in [0.2, 0.25) is 0 Å². The highest BCUT2D eigenvalue weighted by atomic mass is 79.9. The molecule has 0 aromatic heterocycles. The Morgan fingerprint density at radius 2 is 2.11 bits per heavy atom. The number of ether oxygens (including phenoxy) is 1. The molecule has 0 saturated heterocycles. The highest BCUT2D eigenvalue weighted by Crippen LogP contribution is 2.24. The van der Waals surface area contributed by atoms with Crippen molar-refractivity contribution in [3.8, 4) is 0 Å². The summed E-state index contributed by atoms with van der Waals surface area (Å²) < 4.78 is 5.27. The first-order chi connectivity index (χ1) is 8.45. The van der Waals surface area contributed by atoms with Gasteiger partial charge in [-0.15, -0.1) is 0 Å². The molecule has 0 radical (unpaired) electrons. The van der Waals surface area contributed by atoms with E-state index in [9.17, 15) is 14.7 Å². The van der Waals surface area contributed by atoms with Crippen molar-refractivity contribution in [3.05, 3.63) is 33.8 Å². The molecule has 0 amide bonds. The Balaban J connectivity index is 2.96. The van der Waals surface area contributed by atoms with E-state index < -0.39 is 12.1 Å². The van der Waals surface area contributed by atoms with Gasteiger partial charge < -0.3 is 14.9 Å². The van der Waals surface area contributed by atoms with Crippen molar-refractivity contribution in [2.75, 3.05) is 7.11 Å². The van der Waals surface area contributed by atoms with Gasteiger partial charge in [0.15, 0.2) is 6.10 Å². The van der Waals surface area contributed by atoms with Gasteiger partial charge in [-0.3, -0.25) is 4.79 Å². The van der Waals surface area contributed by atoms with Crippen LogP contribution in [0.1, 0.15) is 23.7 Å². The number of aliphatic hydroxyl groups excluding tert-OH is 1. The van der Waals surface area contributed by atoms with E-state index in [2.05, 4.69) is 20.7 Å². The third-order valence-corrected chi connectivity index (χ3v) is 2.95. The molecule has 0 aliphatic carbocycles. The maximum atomic E-state index is 11.1. The number of aliphatic hydroxyl groups is 1. The molecule has 0 aliphatic heterocycles. The van der Waals surface area contributed by atoms with Gasteiger partial charge in [-0.2, -0.15) is 0 Å². The number of hydrogen-bond acceptors (Lipinski definition) is 4. The summed E-state index contributed by atoms with van der Waals surface area (Å²) in [5, 5.41) is 18.4. The summed E-state index contributed by atoms with van der Waals surface area (Å²) in [6, 6.07) is 4.85. The van der Waals surface area contributed by atoms with Crippen LogP contribution in [0.15, 0.2) is 22.7 Å². The molecule has 0 fully saturated rings. The molecular weight excluding hydrogens is 304 g/mol. The Bertz CT molecular complexity index is 458. The molecule has 18 heavy (non-hydrogen) atoms. The zero-order valence-electron chi connectivity index (χ0n) is 9.72. The van der Waals surface area contributed by atoms with Gasteiger partial charge in [0.1, 0.15) is 0 Å². The van der Waals surface area contributed by atoms with Crippen molar-refractivity contribution in [3.63, 3.8) is 0 Å². The Labute approximate surface area is 113 Å². The van der Waals surface area contributed by atoms with Crippen LogP contribution < -0.4 is 0 Å². The van der Waals surface area contributed by atoms with Gasteiger partial charge in [0.05, 0.1) is 7.11 Å². The van der Waals surface area contributed by atoms with E-state index in [0.717, 1.165) is 4.47 Å². The van der Waals surface area contributed by atoms with Gasteiger partial charge in [-0.25, -0.2) is 4.79 Å². The monoisotopic (exact) mass is 316 g/mol. The molecule has 1 unspecified atom stereocenters. The van der Waals surface area contributed by atoms with E-state index in [1.807, 2.05) is 0 Å². The van der Waals surface area contributed by atoms with E-state index >= 15 is 0 Å². The molecule has 1 aromatic carbocycles. The molecular formula is C12H13BrO5. The lowest BCUT2D eigenvalue weighted by atomic mass is 9.99. The second-order valence-electron chi connectivity index (χ2n) is 3.66. The third-order valence-electron chi connectivity index (χ3n) is 2.46. The summed E-state index contributed by atoms with van der Waals surface area (Å²) in [5.74, 6) is -1.71. The number of esters is 1. The first kappa shape index (κ1) is 14.7. The number of aryl methyl sites for hydroxylation is 1. The molecule has 6 heteroatoms. The van der Waals surface area contributed by atoms with E-state index in [-0.39, 0.29) is 18.0 Å². The minimum Gasteiger partial charge on any atom is -0.479 e. The van der Waals surface area contributed by atoms with E-state index in [4.69, 9.17) is 5.11 Å². The van der Waals surface area contributed by atoms with Gasteiger partial charge in [0.2, 0.25) is 0 Å². The normalized spacial score (nSPS) is 11.9. The van der Waals surface area contributed by atoms with Gasteiger partial charge in [0, 0.05) is 10.9 Å². The summed E-state index contributed by atoms with van der Waals surface area (Å²) in [6.45, 7) is 0. The molecule has 0 bridgehead atoms. The number of carboxylic acids is 1. The molecule has 0 spiro atoms. The van der Waals surface area contributed by atoms with Crippen LogP contribution in [0.5, 0.6) is 0 Å². The van der Waals surface area contributed by atoms with Crippen molar-refractivity contribution in [2.45, 2.75) is 18.9 Å². The Morgan fingerprint density at radius 1 is 1.44 bits per heavy atom. The molecule has 2 N–H and O–H groups in total. The highest BCUT2D eigenvalue weighted by molar-refractivity contribution is 9.10. The van der Waals surface area contributed by atoms with Crippen LogP contribution in [0.25, 0.3) is 0 Å². The summed E-state index contributed by atoms with van der Waals surface area (Å²) >= 11 is 3.26. The standard InChI is InChI=1S/C12H13BrO5/c1-18-10(14)5-2-7-6-8(13)3-4-9(7)11(15)12(16)17/h3-4,6,11,15H,2,5H2,1H3,(H,16,17). The van der Waals surface area contributed by atoms with E-state index in [1.54, 1.807) is 12.1 Å². The van der Waals surface area contributed by atoms with Crippen molar-refractivity contribution in [1.29, 1.82) is 0 Å². The van der Waals surface area contributed by atoms with Gasteiger partial charge >= 0.3 is 11.9 Å². The van der Waals surface area contributed by atoms with Crippen molar-refractivity contribution < 1.29 is 24.5 Å². The van der Waals surface area contributed by atoms with Crippen LogP contribution in [-0.4, -0.2) is 29.3 Å². The Kier molecular flexibility index (Phi) is 5.30. The smallest absolute Gasteiger partial charge is 0.337 e. The molecule has 98 valence electrons. The van der Waals surface area contributed by atoms with Crippen LogP contribution in [-0.2, 0) is 20.7 Å². The van der Waals surface area contributed by atoms with Crippen LogP contribution in [0.4, 0.5) is 0 Å². The number of rotatable bonds is 5. The van der Waals surface area contributed by atoms with Gasteiger partial charge in [0.25, 0.3) is 0 Å². The van der Waals surface area contributed by atoms with E-state index in [0.29, 0.717) is 12.0 Å². The van der Waals surface area contributed by atoms with Crippen LogP contribution in [0.3, 0.4) is 0 Å². The zero-order valence-corrected chi connectivity index (χ0v) is 11.3. The molecule has 1 rings (SSSR count). The number of hydrogen-bond donors (Lipinski definition) is 2. The number of carbonyl (C=O) groups excluding carboxylic acids is 1.